The van der Waals surface area contributed by atoms with Crippen molar-refractivity contribution in [1.82, 2.24) is 15.1 Å². The van der Waals surface area contributed by atoms with E-state index in [0.29, 0.717) is 0 Å². The van der Waals surface area contributed by atoms with Crippen LogP contribution in [0.25, 0.3) is 0 Å². The first-order chi connectivity index (χ1) is 6.20. The predicted molar refractivity (Wildman–Crippen MR) is 55.0 cm³/mol. The number of aryl methyl sites for hydroxylation is 2. The molecule has 0 aliphatic rings. The maximum Gasteiger partial charge on any atom is 0.0653 e. The Kier molecular flexibility index (Phi) is 3.48. The molecule has 1 aromatic heterocycles. The van der Waals surface area contributed by atoms with Gasteiger partial charge in [-0.05, 0) is 26.0 Å². The van der Waals surface area contributed by atoms with Crippen molar-refractivity contribution >= 4 is 0 Å². The van der Waals surface area contributed by atoms with Crippen LogP contribution in [0, 0.1) is 6.92 Å². The maximum absolute atomic E-state index is 4.47. The molecule has 0 unspecified atom stereocenters. The number of hydrogen-bond donors (Lipinski definition) is 1. The summed E-state index contributed by atoms with van der Waals surface area (Å²) in [5, 5.41) is 7.63. The molecule has 0 saturated heterocycles. The molecule has 3 nitrogen and oxygen atoms in total. The Labute approximate surface area is 80.1 Å². The fourth-order valence-corrected chi connectivity index (χ4v) is 1.65. The molecule has 0 spiro atoms. The summed E-state index contributed by atoms with van der Waals surface area (Å²) < 4.78 is 2.01. The molecule has 0 aliphatic heterocycles. The van der Waals surface area contributed by atoms with Crippen LogP contribution in [0.4, 0.5) is 0 Å². The SMILES string of the molecule is CCc1nn(C)c(CCNC)c1C. The third-order valence-electron chi connectivity index (χ3n) is 2.47. The summed E-state index contributed by atoms with van der Waals surface area (Å²) in [6.07, 6.45) is 2.09. The van der Waals surface area contributed by atoms with Gasteiger partial charge in [0.05, 0.1) is 5.69 Å². The molecule has 0 radical (unpaired) electrons. The highest BCUT2D eigenvalue weighted by Crippen LogP contribution is 2.12. The highest BCUT2D eigenvalue weighted by Gasteiger charge is 2.09. The summed E-state index contributed by atoms with van der Waals surface area (Å²) in [5.74, 6) is 0. The van der Waals surface area contributed by atoms with Crippen LogP contribution in [0.15, 0.2) is 0 Å². The maximum atomic E-state index is 4.47. The molecule has 1 rings (SSSR count). The lowest BCUT2D eigenvalue weighted by Gasteiger charge is -2.02. The second kappa shape index (κ2) is 4.42. The summed E-state index contributed by atoms with van der Waals surface area (Å²) >= 11 is 0. The van der Waals surface area contributed by atoms with Crippen molar-refractivity contribution < 1.29 is 0 Å². The molecular formula is C10H19N3. The largest absolute Gasteiger partial charge is 0.319 e. The molecule has 0 atom stereocenters. The highest BCUT2D eigenvalue weighted by atomic mass is 15.3. The van der Waals surface area contributed by atoms with Crippen LogP contribution in [-0.4, -0.2) is 23.4 Å². The van der Waals surface area contributed by atoms with Crippen molar-refractivity contribution in [3.63, 3.8) is 0 Å². The van der Waals surface area contributed by atoms with Crippen molar-refractivity contribution in [2.75, 3.05) is 13.6 Å². The van der Waals surface area contributed by atoms with Crippen molar-refractivity contribution in [3.8, 4) is 0 Å². The minimum Gasteiger partial charge on any atom is -0.319 e. The highest BCUT2D eigenvalue weighted by molar-refractivity contribution is 5.24. The molecule has 0 fully saturated rings. The first-order valence-corrected chi connectivity index (χ1v) is 4.86. The third kappa shape index (κ3) is 2.10. The van der Waals surface area contributed by atoms with Crippen LogP contribution < -0.4 is 5.32 Å². The molecule has 0 aromatic carbocycles. The van der Waals surface area contributed by atoms with Crippen LogP contribution in [-0.2, 0) is 19.9 Å². The molecule has 3 heteroatoms. The lowest BCUT2D eigenvalue weighted by molar-refractivity contribution is 0.673. The van der Waals surface area contributed by atoms with E-state index in [1.165, 1.54) is 17.0 Å². The minimum absolute atomic E-state index is 1.02. The Morgan fingerprint density at radius 1 is 1.46 bits per heavy atom. The topological polar surface area (TPSA) is 29.9 Å². The number of nitrogens with one attached hydrogen (secondary N) is 1. The Hall–Kier alpha value is -0.830. The first kappa shape index (κ1) is 10.3. The van der Waals surface area contributed by atoms with Crippen molar-refractivity contribution in [2.45, 2.75) is 26.7 Å². The molecule has 0 amide bonds. The number of nitrogens with zero attached hydrogens (tertiary/aromatic N) is 2. The number of aromatic nitrogens is 2. The monoisotopic (exact) mass is 181 g/mol. The lowest BCUT2D eigenvalue weighted by atomic mass is 10.1. The molecular weight excluding hydrogens is 162 g/mol. The third-order valence-corrected chi connectivity index (χ3v) is 2.47. The predicted octanol–water partition coefficient (Wildman–Crippen LogP) is 1.05. The minimum atomic E-state index is 1.02. The molecule has 0 aliphatic carbocycles. The zero-order valence-electron chi connectivity index (χ0n) is 9.02. The van der Waals surface area contributed by atoms with E-state index in [9.17, 15) is 0 Å². The van der Waals surface area contributed by atoms with Crippen molar-refractivity contribution in [3.05, 3.63) is 17.0 Å². The normalized spacial score (nSPS) is 10.8. The quantitative estimate of drug-likeness (QED) is 0.752. The van der Waals surface area contributed by atoms with Crippen LogP contribution in [0.5, 0.6) is 0 Å². The fraction of sp³-hybridized carbons (Fsp3) is 0.700. The van der Waals surface area contributed by atoms with E-state index in [1.807, 2.05) is 18.8 Å². The molecule has 0 saturated carbocycles. The van der Waals surface area contributed by atoms with Gasteiger partial charge in [-0.25, -0.2) is 0 Å². The van der Waals surface area contributed by atoms with Crippen molar-refractivity contribution in [2.24, 2.45) is 7.05 Å². The summed E-state index contributed by atoms with van der Waals surface area (Å²) in [5.41, 5.74) is 3.94. The Morgan fingerprint density at radius 2 is 2.15 bits per heavy atom. The van der Waals surface area contributed by atoms with E-state index in [4.69, 9.17) is 0 Å². The molecule has 1 heterocycles. The number of hydrogen-bond acceptors (Lipinski definition) is 2. The second-order valence-corrected chi connectivity index (χ2v) is 3.35. The van der Waals surface area contributed by atoms with Gasteiger partial charge in [-0.15, -0.1) is 0 Å². The zero-order valence-corrected chi connectivity index (χ0v) is 9.02. The second-order valence-electron chi connectivity index (χ2n) is 3.35. The van der Waals surface area contributed by atoms with Gasteiger partial charge in [-0.2, -0.15) is 5.10 Å². The van der Waals surface area contributed by atoms with E-state index in [1.54, 1.807) is 0 Å². The van der Waals surface area contributed by atoms with E-state index < -0.39 is 0 Å². The van der Waals surface area contributed by atoms with E-state index >= 15 is 0 Å². The molecule has 1 N–H and O–H groups in total. The average Bonchev–Trinajstić information content (AvgIpc) is 2.39. The lowest BCUT2D eigenvalue weighted by Crippen LogP contribution is -2.13. The number of rotatable bonds is 4. The smallest absolute Gasteiger partial charge is 0.0653 e. The van der Waals surface area contributed by atoms with E-state index in [2.05, 4.69) is 24.3 Å². The fourth-order valence-electron chi connectivity index (χ4n) is 1.65. The Bertz CT molecular complexity index is 276. The molecule has 74 valence electrons. The van der Waals surface area contributed by atoms with E-state index in [-0.39, 0.29) is 0 Å². The molecule has 0 bridgehead atoms. The van der Waals surface area contributed by atoms with Crippen LogP contribution in [0.2, 0.25) is 0 Å². The average molecular weight is 181 g/mol. The van der Waals surface area contributed by atoms with Gasteiger partial charge in [0.15, 0.2) is 0 Å². The van der Waals surface area contributed by atoms with Crippen LogP contribution in [0.3, 0.4) is 0 Å². The Morgan fingerprint density at radius 3 is 2.62 bits per heavy atom. The van der Waals surface area contributed by atoms with Gasteiger partial charge in [0.25, 0.3) is 0 Å². The Balaban J connectivity index is 2.85. The van der Waals surface area contributed by atoms with E-state index in [0.717, 1.165) is 19.4 Å². The number of likely N-dealkylation sites (N-methyl/N-ethyl adjacent to an activating group) is 1. The molecule has 13 heavy (non-hydrogen) atoms. The molecule has 1 aromatic rings. The van der Waals surface area contributed by atoms with Gasteiger partial charge in [0, 0.05) is 25.7 Å². The van der Waals surface area contributed by atoms with Crippen LogP contribution >= 0.6 is 0 Å². The standard InChI is InChI=1S/C10H19N3/c1-5-9-8(2)10(6-7-11-3)13(4)12-9/h11H,5-7H2,1-4H3. The summed E-state index contributed by atoms with van der Waals surface area (Å²) in [4.78, 5) is 0. The van der Waals surface area contributed by atoms with Crippen molar-refractivity contribution in [1.29, 1.82) is 0 Å². The van der Waals surface area contributed by atoms with Crippen LogP contribution in [0.1, 0.15) is 23.9 Å². The van der Waals surface area contributed by atoms with Gasteiger partial charge in [0.1, 0.15) is 0 Å². The summed E-state index contributed by atoms with van der Waals surface area (Å²) in [6, 6.07) is 0. The zero-order chi connectivity index (χ0) is 9.84. The van der Waals surface area contributed by atoms with Gasteiger partial charge in [0.2, 0.25) is 0 Å². The van der Waals surface area contributed by atoms with Gasteiger partial charge < -0.3 is 5.32 Å². The summed E-state index contributed by atoms with van der Waals surface area (Å²) in [6.45, 7) is 5.33. The van der Waals surface area contributed by atoms with Gasteiger partial charge in [-0.1, -0.05) is 6.92 Å². The summed E-state index contributed by atoms with van der Waals surface area (Å²) in [7, 11) is 4.00. The first-order valence-electron chi connectivity index (χ1n) is 4.86. The van der Waals surface area contributed by atoms with Gasteiger partial charge >= 0.3 is 0 Å². The van der Waals surface area contributed by atoms with Gasteiger partial charge in [-0.3, -0.25) is 4.68 Å².